The first-order valence-electron chi connectivity index (χ1n) is 9.60. The fourth-order valence-electron chi connectivity index (χ4n) is 3.42. The quantitative estimate of drug-likeness (QED) is 0.792. The topological polar surface area (TPSA) is 68.0 Å². The van der Waals surface area contributed by atoms with Gasteiger partial charge in [0, 0.05) is 16.7 Å². The Bertz CT molecular complexity index is 992. The maximum absolute atomic E-state index is 11.7. The summed E-state index contributed by atoms with van der Waals surface area (Å²) in [5, 5.41) is 9.90. The molecular formula is C21H24N4O2S. The molecule has 7 heteroatoms. The molecule has 1 saturated carbocycles. The van der Waals surface area contributed by atoms with Crippen molar-refractivity contribution in [2.75, 3.05) is 18.5 Å². The Morgan fingerprint density at radius 3 is 3.00 bits per heavy atom. The Kier molecular flexibility index (Phi) is 5.43. The van der Waals surface area contributed by atoms with Gasteiger partial charge < -0.3 is 10.1 Å². The Morgan fingerprint density at radius 1 is 1.39 bits per heavy atom. The van der Waals surface area contributed by atoms with E-state index in [1.165, 1.54) is 18.6 Å². The van der Waals surface area contributed by atoms with Gasteiger partial charge in [0.2, 0.25) is 4.80 Å². The summed E-state index contributed by atoms with van der Waals surface area (Å²) in [7, 11) is 0. The number of rotatable bonds is 4. The number of amides is 1. The minimum absolute atomic E-state index is 0.0570. The van der Waals surface area contributed by atoms with Crippen molar-refractivity contribution >= 4 is 28.6 Å². The molecule has 0 saturated heterocycles. The maximum Gasteiger partial charge on any atom is 0.262 e. The first-order valence-corrected chi connectivity index (χ1v) is 10.5. The average molecular weight is 397 g/mol. The van der Waals surface area contributed by atoms with Crippen LogP contribution in [0, 0.1) is 5.92 Å². The smallest absolute Gasteiger partial charge is 0.262 e. The lowest BCUT2D eigenvalue weighted by atomic mass is 9.90. The molecule has 1 N–H and O–H groups in total. The normalized spacial score (nSPS) is 19.6. The van der Waals surface area contributed by atoms with Crippen molar-refractivity contribution in [3.63, 3.8) is 0 Å². The molecule has 28 heavy (non-hydrogen) atoms. The number of nitrogens with zero attached hydrogens (tertiary/aromatic N) is 3. The summed E-state index contributed by atoms with van der Waals surface area (Å²) in [5.74, 6) is 1.32. The molecule has 1 aliphatic heterocycles. The first-order chi connectivity index (χ1) is 13.6. The van der Waals surface area contributed by atoms with Crippen LogP contribution in [-0.4, -0.2) is 29.4 Å². The number of benzene rings is 1. The zero-order chi connectivity index (χ0) is 19.5. The van der Waals surface area contributed by atoms with Crippen LogP contribution in [0.25, 0.3) is 11.3 Å². The largest absolute Gasteiger partial charge is 0.482 e. The van der Waals surface area contributed by atoms with Crippen LogP contribution in [0.5, 0.6) is 5.75 Å². The van der Waals surface area contributed by atoms with E-state index in [2.05, 4.69) is 29.2 Å². The number of fused-ring (bicyclic) bond motifs is 1. The van der Waals surface area contributed by atoms with Crippen molar-refractivity contribution < 1.29 is 9.53 Å². The van der Waals surface area contributed by atoms with Crippen LogP contribution in [0.3, 0.4) is 0 Å². The number of nitrogens with one attached hydrogen (secondary N) is 1. The SMILES string of the molecule is C=CCN=c1scc(-c2ccc3c(c2)NC(=O)CO3)n1N=C1CCC(C)CC1. The van der Waals surface area contributed by atoms with Gasteiger partial charge >= 0.3 is 0 Å². The Balaban J connectivity index is 1.76. The average Bonchev–Trinajstić information content (AvgIpc) is 3.10. The van der Waals surface area contributed by atoms with Crippen molar-refractivity contribution in [1.82, 2.24) is 4.68 Å². The highest BCUT2D eigenvalue weighted by atomic mass is 32.1. The fourth-order valence-corrected chi connectivity index (χ4v) is 4.27. The molecule has 0 unspecified atom stereocenters. The second kappa shape index (κ2) is 8.14. The van der Waals surface area contributed by atoms with Crippen LogP contribution in [-0.2, 0) is 4.79 Å². The van der Waals surface area contributed by atoms with Crippen LogP contribution < -0.4 is 14.9 Å². The predicted octanol–water partition coefficient (Wildman–Crippen LogP) is 4.05. The van der Waals surface area contributed by atoms with Gasteiger partial charge in [-0.25, -0.2) is 4.68 Å². The van der Waals surface area contributed by atoms with Crippen LogP contribution in [0.2, 0.25) is 0 Å². The lowest BCUT2D eigenvalue weighted by molar-refractivity contribution is -0.118. The van der Waals surface area contributed by atoms with E-state index in [0.717, 1.165) is 34.8 Å². The van der Waals surface area contributed by atoms with E-state index < -0.39 is 0 Å². The molecule has 1 aliphatic carbocycles. The molecule has 2 aromatic rings. The summed E-state index contributed by atoms with van der Waals surface area (Å²) in [6.45, 7) is 6.67. The van der Waals surface area contributed by atoms with Gasteiger partial charge in [0.25, 0.3) is 5.91 Å². The number of anilines is 1. The monoisotopic (exact) mass is 396 g/mol. The minimum atomic E-state index is -0.138. The van der Waals surface area contributed by atoms with E-state index >= 15 is 0 Å². The van der Waals surface area contributed by atoms with E-state index in [9.17, 15) is 4.79 Å². The van der Waals surface area contributed by atoms with Crippen LogP contribution in [0.15, 0.2) is 46.3 Å². The molecule has 1 fully saturated rings. The number of carbonyl (C=O) groups excluding carboxylic acids is 1. The molecule has 0 spiro atoms. The molecule has 4 rings (SSSR count). The number of carbonyl (C=O) groups is 1. The lowest BCUT2D eigenvalue weighted by Gasteiger charge is -2.20. The van der Waals surface area contributed by atoms with E-state index in [1.54, 1.807) is 17.4 Å². The molecule has 1 amide bonds. The van der Waals surface area contributed by atoms with Gasteiger partial charge in [0.15, 0.2) is 6.61 Å². The summed E-state index contributed by atoms with van der Waals surface area (Å²) in [6, 6.07) is 5.82. The van der Waals surface area contributed by atoms with Gasteiger partial charge in [-0.3, -0.25) is 9.79 Å². The third-order valence-corrected chi connectivity index (χ3v) is 5.90. The molecule has 1 aromatic heterocycles. The number of hydrogen-bond donors (Lipinski definition) is 1. The summed E-state index contributed by atoms with van der Waals surface area (Å²) < 4.78 is 7.41. The lowest BCUT2D eigenvalue weighted by Crippen LogP contribution is -2.25. The molecular weight excluding hydrogens is 372 g/mol. The van der Waals surface area contributed by atoms with Gasteiger partial charge in [0.1, 0.15) is 5.75 Å². The maximum atomic E-state index is 11.7. The van der Waals surface area contributed by atoms with Gasteiger partial charge in [0.05, 0.1) is 17.9 Å². The Hall–Kier alpha value is -2.67. The molecule has 0 radical (unpaired) electrons. The van der Waals surface area contributed by atoms with E-state index in [1.807, 2.05) is 22.9 Å². The fraction of sp³-hybridized carbons (Fsp3) is 0.381. The first kappa shape index (κ1) is 18.7. The van der Waals surface area contributed by atoms with E-state index in [-0.39, 0.29) is 12.5 Å². The zero-order valence-corrected chi connectivity index (χ0v) is 16.8. The second-order valence-corrected chi connectivity index (χ2v) is 8.08. The summed E-state index contributed by atoms with van der Waals surface area (Å²) in [5.41, 5.74) is 3.83. The molecule has 146 valence electrons. The third kappa shape index (κ3) is 3.94. The standard InChI is InChI=1S/C21H24N4O2S/c1-3-10-22-21-25(24-16-7-4-14(2)5-8-16)18(13-28-21)15-6-9-19-17(11-15)23-20(26)12-27-19/h3,6,9,11,13-14H,1,4-5,7-8,10,12H2,2H3,(H,23,26). The van der Waals surface area contributed by atoms with Crippen LogP contribution in [0.4, 0.5) is 5.69 Å². The molecule has 1 aromatic carbocycles. The summed E-state index contributed by atoms with van der Waals surface area (Å²) in [6.07, 6.45) is 6.20. The zero-order valence-electron chi connectivity index (χ0n) is 16.0. The second-order valence-electron chi connectivity index (χ2n) is 7.24. The van der Waals surface area contributed by atoms with Gasteiger partial charge in [-0.15, -0.1) is 17.9 Å². The van der Waals surface area contributed by atoms with Crippen molar-refractivity contribution in [2.45, 2.75) is 32.6 Å². The van der Waals surface area contributed by atoms with Crippen molar-refractivity contribution in [3.8, 4) is 17.0 Å². The highest BCUT2D eigenvalue weighted by Crippen LogP contribution is 2.33. The summed E-state index contributed by atoms with van der Waals surface area (Å²) >= 11 is 1.56. The number of ether oxygens (including phenoxy) is 1. The number of thiazole rings is 1. The van der Waals surface area contributed by atoms with Crippen molar-refractivity contribution in [2.24, 2.45) is 16.0 Å². The molecule has 0 atom stereocenters. The Morgan fingerprint density at radius 2 is 2.21 bits per heavy atom. The highest BCUT2D eigenvalue weighted by molar-refractivity contribution is 7.07. The minimum Gasteiger partial charge on any atom is -0.482 e. The van der Waals surface area contributed by atoms with Gasteiger partial charge in [-0.2, -0.15) is 5.10 Å². The van der Waals surface area contributed by atoms with Crippen LogP contribution in [0.1, 0.15) is 32.6 Å². The highest BCUT2D eigenvalue weighted by Gasteiger charge is 2.19. The van der Waals surface area contributed by atoms with Crippen molar-refractivity contribution in [3.05, 3.63) is 41.0 Å². The summed E-state index contributed by atoms with van der Waals surface area (Å²) in [4.78, 5) is 17.1. The number of hydrogen-bond acceptors (Lipinski definition) is 5. The van der Waals surface area contributed by atoms with Gasteiger partial charge in [-0.05, 0) is 49.8 Å². The molecule has 6 nitrogen and oxygen atoms in total. The molecule has 2 heterocycles. The predicted molar refractivity (Wildman–Crippen MR) is 113 cm³/mol. The number of aromatic nitrogens is 1. The Labute approximate surface area is 168 Å². The van der Waals surface area contributed by atoms with E-state index in [4.69, 9.17) is 9.84 Å². The third-order valence-electron chi connectivity index (χ3n) is 5.04. The van der Waals surface area contributed by atoms with Gasteiger partial charge in [-0.1, -0.05) is 13.0 Å². The van der Waals surface area contributed by atoms with Crippen molar-refractivity contribution in [1.29, 1.82) is 0 Å². The van der Waals surface area contributed by atoms with Crippen LogP contribution >= 0.6 is 11.3 Å². The van der Waals surface area contributed by atoms with E-state index in [0.29, 0.717) is 18.0 Å². The molecule has 2 aliphatic rings. The molecule has 0 bridgehead atoms.